The lowest BCUT2D eigenvalue weighted by Gasteiger charge is -2.21. The highest BCUT2D eigenvalue weighted by Crippen LogP contribution is 2.47. The van der Waals surface area contributed by atoms with Crippen LogP contribution in [-0.4, -0.2) is 0 Å². The zero-order chi connectivity index (χ0) is 29.8. The lowest BCUT2D eigenvalue weighted by atomic mass is 9.82. The second-order valence-corrected chi connectivity index (χ2v) is 10.8. The van der Waals surface area contributed by atoms with Gasteiger partial charge in [-0.2, -0.15) is 0 Å². The molecule has 7 aromatic rings. The first-order valence-corrected chi connectivity index (χ1v) is 15.1. The van der Waals surface area contributed by atoms with Crippen molar-refractivity contribution in [2.45, 2.75) is 20.3 Å². The molecule has 0 atom stereocenters. The van der Waals surface area contributed by atoms with Crippen molar-refractivity contribution >= 4 is 44.5 Å². The van der Waals surface area contributed by atoms with Crippen molar-refractivity contribution in [3.63, 3.8) is 0 Å². The third-order valence-corrected chi connectivity index (χ3v) is 8.04. The van der Waals surface area contributed by atoms with E-state index in [0.29, 0.717) is 0 Å². The van der Waals surface area contributed by atoms with Gasteiger partial charge in [-0.15, -0.1) is 0 Å². The van der Waals surface area contributed by atoms with E-state index in [4.69, 9.17) is 0 Å². The summed E-state index contributed by atoms with van der Waals surface area (Å²) in [6.45, 7) is 12.4. The van der Waals surface area contributed by atoms with Crippen LogP contribution in [0.1, 0.15) is 31.4 Å². The standard InChI is InChI=1S/C40H28.C3H8/c1-3-27-16-13-25-31(29(27)4-2)32-19-7-8-20-34(32)40-37-23-11-9-21-35(37)39(36-22-10-12-24-38(36)40)33-26-14-17-28-15-5-6-18-30(28)33;1-3-2/h3-26H,1-2H2;3H2,1-2H3. The largest absolute Gasteiger partial charge is 0.0984 e. The normalized spacial score (nSPS) is 10.8. The summed E-state index contributed by atoms with van der Waals surface area (Å²) in [4.78, 5) is 0. The third kappa shape index (κ3) is 4.96. The zero-order valence-electron chi connectivity index (χ0n) is 25.0. The smallest absolute Gasteiger partial charge is 0.00201 e. The Bertz CT molecular complexity index is 2050. The Morgan fingerprint density at radius 2 is 0.837 bits per heavy atom. The van der Waals surface area contributed by atoms with Crippen LogP contribution in [0.25, 0.3) is 77.9 Å². The molecule has 0 fully saturated rings. The summed E-state index contributed by atoms with van der Waals surface area (Å²) >= 11 is 0. The summed E-state index contributed by atoms with van der Waals surface area (Å²) in [5, 5.41) is 7.53. The second-order valence-electron chi connectivity index (χ2n) is 10.8. The molecule has 0 aliphatic rings. The van der Waals surface area contributed by atoms with Crippen LogP contribution < -0.4 is 0 Å². The maximum absolute atomic E-state index is 4.15. The molecule has 208 valence electrons. The molecule has 0 radical (unpaired) electrons. The van der Waals surface area contributed by atoms with E-state index in [1.807, 2.05) is 12.2 Å². The molecule has 0 spiro atoms. The SMILES string of the molecule is C=Cc1cccc(-c2ccccc2-c2c3ccccc3c(-c3cccc4ccccc34)c3ccccc23)c1C=C.CCC. The molecular formula is C43H36. The molecule has 0 heteroatoms. The first kappa shape index (κ1) is 27.9. The van der Waals surface area contributed by atoms with Crippen LogP contribution in [-0.2, 0) is 0 Å². The third-order valence-electron chi connectivity index (χ3n) is 8.04. The van der Waals surface area contributed by atoms with Gasteiger partial charge >= 0.3 is 0 Å². The van der Waals surface area contributed by atoms with Gasteiger partial charge in [0.1, 0.15) is 0 Å². The average molecular weight is 553 g/mol. The molecule has 43 heavy (non-hydrogen) atoms. The summed E-state index contributed by atoms with van der Waals surface area (Å²) in [5.74, 6) is 0. The highest BCUT2D eigenvalue weighted by Gasteiger charge is 2.20. The lowest BCUT2D eigenvalue weighted by molar-refractivity contribution is 1.09. The van der Waals surface area contributed by atoms with E-state index in [1.54, 1.807) is 0 Å². The molecule has 0 saturated carbocycles. The first-order chi connectivity index (χ1) is 21.2. The van der Waals surface area contributed by atoms with E-state index in [1.165, 1.54) is 66.6 Å². The van der Waals surface area contributed by atoms with E-state index in [2.05, 4.69) is 160 Å². The lowest BCUT2D eigenvalue weighted by Crippen LogP contribution is -1.94. The van der Waals surface area contributed by atoms with Crippen LogP contribution in [0.5, 0.6) is 0 Å². The average Bonchev–Trinajstić information content (AvgIpc) is 3.07. The Labute approximate surface area is 255 Å². The molecule has 0 bridgehead atoms. The molecule has 0 amide bonds. The molecule has 0 aliphatic carbocycles. The Balaban J connectivity index is 0.00000105. The topological polar surface area (TPSA) is 0 Å². The van der Waals surface area contributed by atoms with Gasteiger partial charge < -0.3 is 0 Å². The van der Waals surface area contributed by atoms with Gasteiger partial charge in [-0.3, -0.25) is 0 Å². The Hall–Kier alpha value is -5.20. The van der Waals surface area contributed by atoms with Crippen molar-refractivity contribution in [2.24, 2.45) is 0 Å². The molecule has 0 aromatic heterocycles. The number of hydrogen-bond acceptors (Lipinski definition) is 0. The Morgan fingerprint density at radius 3 is 1.42 bits per heavy atom. The van der Waals surface area contributed by atoms with Gasteiger partial charge in [0, 0.05) is 0 Å². The Kier molecular flexibility index (Phi) is 8.03. The molecule has 7 rings (SSSR count). The summed E-state index contributed by atoms with van der Waals surface area (Å²) in [5.41, 5.74) is 9.55. The second kappa shape index (κ2) is 12.3. The molecule has 0 N–H and O–H groups in total. The van der Waals surface area contributed by atoms with Gasteiger partial charge in [-0.1, -0.05) is 179 Å². The molecular weight excluding hydrogens is 516 g/mol. The van der Waals surface area contributed by atoms with Gasteiger partial charge in [-0.25, -0.2) is 0 Å². The number of hydrogen-bond donors (Lipinski definition) is 0. The van der Waals surface area contributed by atoms with E-state index < -0.39 is 0 Å². The maximum atomic E-state index is 4.15. The van der Waals surface area contributed by atoms with Crippen molar-refractivity contribution < 1.29 is 0 Å². The number of fused-ring (bicyclic) bond motifs is 3. The van der Waals surface area contributed by atoms with Crippen molar-refractivity contribution in [2.75, 3.05) is 0 Å². The highest BCUT2D eigenvalue weighted by atomic mass is 14.2. The van der Waals surface area contributed by atoms with Crippen LogP contribution >= 0.6 is 0 Å². The van der Waals surface area contributed by atoms with E-state index in [9.17, 15) is 0 Å². The fourth-order valence-corrected chi connectivity index (χ4v) is 6.31. The fraction of sp³-hybridized carbons (Fsp3) is 0.0698. The molecule has 0 nitrogen and oxygen atoms in total. The molecule has 7 aromatic carbocycles. The molecule has 0 heterocycles. The van der Waals surface area contributed by atoms with Crippen LogP contribution in [0.2, 0.25) is 0 Å². The minimum absolute atomic E-state index is 1.09. The zero-order valence-corrected chi connectivity index (χ0v) is 25.0. The Morgan fingerprint density at radius 1 is 0.419 bits per heavy atom. The van der Waals surface area contributed by atoms with Gasteiger partial charge in [0.05, 0.1) is 0 Å². The van der Waals surface area contributed by atoms with Gasteiger partial charge in [0.25, 0.3) is 0 Å². The van der Waals surface area contributed by atoms with Gasteiger partial charge in [0.2, 0.25) is 0 Å². The summed E-state index contributed by atoms with van der Waals surface area (Å²) in [7, 11) is 0. The summed E-state index contributed by atoms with van der Waals surface area (Å²) < 4.78 is 0. The van der Waals surface area contributed by atoms with E-state index in [0.717, 1.165) is 16.7 Å². The van der Waals surface area contributed by atoms with E-state index in [-0.39, 0.29) is 0 Å². The number of benzene rings is 7. The summed E-state index contributed by atoms with van der Waals surface area (Å²) in [6.07, 6.45) is 5.11. The van der Waals surface area contributed by atoms with E-state index >= 15 is 0 Å². The quantitative estimate of drug-likeness (QED) is 0.186. The van der Waals surface area contributed by atoms with Crippen LogP contribution in [0, 0.1) is 0 Å². The minimum atomic E-state index is 1.09. The van der Waals surface area contributed by atoms with Crippen molar-refractivity contribution in [1.29, 1.82) is 0 Å². The summed E-state index contributed by atoms with van der Waals surface area (Å²) in [6, 6.07) is 48.2. The van der Waals surface area contributed by atoms with Crippen molar-refractivity contribution in [3.05, 3.63) is 158 Å². The molecule has 0 unspecified atom stereocenters. The predicted octanol–water partition coefficient (Wildman–Crippen LogP) is 12.8. The maximum Gasteiger partial charge on any atom is -0.00201 e. The number of rotatable bonds is 5. The highest BCUT2D eigenvalue weighted by molar-refractivity contribution is 6.24. The van der Waals surface area contributed by atoms with Crippen LogP contribution in [0.4, 0.5) is 0 Å². The van der Waals surface area contributed by atoms with Crippen molar-refractivity contribution in [1.82, 2.24) is 0 Å². The monoisotopic (exact) mass is 552 g/mol. The van der Waals surface area contributed by atoms with Crippen molar-refractivity contribution in [3.8, 4) is 33.4 Å². The molecule has 0 saturated heterocycles. The van der Waals surface area contributed by atoms with Crippen LogP contribution in [0.15, 0.2) is 147 Å². The predicted molar refractivity (Wildman–Crippen MR) is 191 cm³/mol. The van der Waals surface area contributed by atoms with Crippen LogP contribution in [0.3, 0.4) is 0 Å². The van der Waals surface area contributed by atoms with Gasteiger partial charge in [-0.05, 0) is 76.8 Å². The fourth-order valence-electron chi connectivity index (χ4n) is 6.31. The minimum Gasteiger partial charge on any atom is -0.0984 e. The first-order valence-electron chi connectivity index (χ1n) is 15.1. The van der Waals surface area contributed by atoms with Gasteiger partial charge in [0.15, 0.2) is 0 Å². The molecule has 0 aliphatic heterocycles.